The molecule has 6 heteroatoms. The van der Waals surface area contributed by atoms with Crippen LogP contribution in [0.25, 0.3) is 0 Å². The molecule has 0 fully saturated rings. The Labute approximate surface area is 81.5 Å². The van der Waals surface area contributed by atoms with Crippen molar-refractivity contribution in [2.45, 2.75) is 0 Å². The van der Waals surface area contributed by atoms with Crippen LogP contribution in [0.4, 0.5) is 0 Å². The molecule has 0 saturated carbocycles. The van der Waals surface area contributed by atoms with Crippen LogP contribution in [-0.4, -0.2) is 20.4 Å². The highest BCUT2D eigenvalue weighted by Crippen LogP contribution is 2.07. The molecule has 0 aromatic carbocycles. The van der Waals surface area contributed by atoms with Crippen LogP contribution in [0.5, 0.6) is 0 Å². The van der Waals surface area contributed by atoms with Gasteiger partial charge in [0.15, 0.2) is 0 Å². The first-order valence-corrected chi connectivity index (χ1v) is 5.48. The van der Waals surface area contributed by atoms with Gasteiger partial charge >= 0.3 is 0 Å². The molecule has 1 rings (SSSR count). The first-order chi connectivity index (χ1) is 6.38. The minimum Gasteiger partial charge on any atom is -0.884 e. The normalized spacial score (nSPS) is 15.8. The van der Waals surface area contributed by atoms with Crippen molar-refractivity contribution in [3.05, 3.63) is 35.8 Å². The second-order valence-electron chi connectivity index (χ2n) is 2.66. The Kier molecular flexibility index (Phi) is 2.76. The Bertz CT molecular complexity index is 432. The lowest BCUT2D eigenvalue weighted by Crippen LogP contribution is -2.20. The molecule has 0 saturated heterocycles. The van der Waals surface area contributed by atoms with E-state index in [1.165, 1.54) is 24.3 Å². The zero-order chi connectivity index (χ0) is 10.8. The highest BCUT2D eigenvalue weighted by molar-refractivity contribution is 7.89. The first-order valence-electron chi connectivity index (χ1n) is 3.63. The number of nitrogens with zero attached hydrogens (tertiary/aromatic N) is 1. The summed E-state index contributed by atoms with van der Waals surface area (Å²) < 4.78 is 24.8. The predicted molar refractivity (Wildman–Crippen MR) is 47.6 cm³/mol. The van der Waals surface area contributed by atoms with Gasteiger partial charge in [0.2, 0.25) is 0 Å². The molecule has 0 atom stereocenters. The molecule has 1 aliphatic rings. The fourth-order valence-corrected chi connectivity index (χ4v) is 1.35. The van der Waals surface area contributed by atoms with Crippen molar-refractivity contribution in [3.63, 3.8) is 0 Å². The van der Waals surface area contributed by atoms with Crippen LogP contribution >= 0.6 is 0 Å². The Balaban J connectivity index is 2.98. The third-order valence-corrected chi connectivity index (χ3v) is 1.92. The lowest BCUT2D eigenvalue weighted by molar-refractivity contribution is -0.514. The van der Waals surface area contributed by atoms with Crippen LogP contribution in [0, 0.1) is 0 Å². The highest BCUT2D eigenvalue weighted by atomic mass is 32.2. The highest BCUT2D eigenvalue weighted by Gasteiger charge is 2.01. The van der Waals surface area contributed by atoms with Crippen molar-refractivity contribution in [2.24, 2.45) is 4.40 Å². The van der Waals surface area contributed by atoms with Crippen LogP contribution in [0.1, 0.15) is 0 Å². The number of allylic oxidation sites excluding steroid dienone is 5. The number of sulfonamides is 1. The topological polar surface area (TPSA) is 92.6 Å². The fourth-order valence-electron chi connectivity index (χ4n) is 0.850. The van der Waals surface area contributed by atoms with Crippen molar-refractivity contribution < 1.29 is 18.6 Å². The predicted octanol–water partition coefficient (Wildman–Crippen LogP) is -1.55. The standard InChI is InChI=1S/C8H9NO4S/c1-14(12,13)9-7-4-2-6(3-5-7)8(10)11/h2-5,10-11H,1H3/p-2. The van der Waals surface area contributed by atoms with Gasteiger partial charge in [0.25, 0.3) is 10.0 Å². The Morgan fingerprint density at radius 3 is 2.07 bits per heavy atom. The molecular weight excluding hydrogens is 206 g/mol. The van der Waals surface area contributed by atoms with E-state index in [2.05, 4.69) is 4.40 Å². The zero-order valence-electron chi connectivity index (χ0n) is 7.30. The zero-order valence-corrected chi connectivity index (χ0v) is 8.11. The van der Waals surface area contributed by atoms with Gasteiger partial charge in [0.1, 0.15) is 0 Å². The summed E-state index contributed by atoms with van der Waals surface area (Å²) in [6.07, 6.45) is 6.02. The molecule has 0 aliphatic heterocycles. The van der Waals surface area contributed by atoms with Gasteiger partial charge in [-0.2, -0.15) is 10.3 Å². The largest absolute Gasteiger partial charge is 0.884 e. The summed E-state index contributed by atoms with van der Waals surface area (Å²) in [6.45, 7) is 0. The molecule has 0 aromatic heterocycles. The van der Waals surface area contributed by atoms with Gasteiger partial charge in [-0.25, -0.2) is 8.42 Å². The van der Waals surface area contributed by atoms with E-state index in [9.17, 15) is 18.6 Å². The minimum absolute atomic E-state index is 0.0162. The molecule has 0 unspecified atom stereocenters. The molecule has 76 valence electrons. The molecule has 0 spiro atoms. The van der Waals surface area contributed by atoms with E-state index in [0.717, 1.165) is 6.26 Å². The first kappa shape index (κ1) is 10.5. The van der Waals surface area contributed by atoms with E-state index >= 15 is 0 Å². The maximum absolute atomic E-state index is 10.7. The second-order valence-corrected chi connectivity index (χ2v) is 4.31. The maximum Gasteiger partial charge on any atom is 0.250 e. The average Bonchev–Trinajstić information content (AvgIpc) is 2.02. The molecule has 14 heavy (non-hydrogen) atoms. The van der Waals surface area contributed by atoms with Gasteiger partial charge in [-0.15, -0.1) is 0 Å². The van der Waals surface area contributed by atoms with Crippen molar-refractivity contribution >= 4 is 15.7 Å². The minimum atomic E-state index is -3.45. The van der Waals surface area contributed by atoms with Crippen molar-refractivity contribution in [3.8, 4) is 0 Å². The molecule has 0 heterocycles. The SMILES string of the molecule is CS(=O)(=O)N=C1C=CC(=C([O-])[O-])C=C1. The summed E-state index contributed by atoms with van der Waals surface area (Å²) in [5, 5.41) is 20.7. The summed E-state index contributed by atoms with van der Waals surface area (Å²) in [4.78, 5) is 0. The van der Waals surface area contributed by atoms with Crippen LogP contribution in [-0.2, 0) is 10.0 Å². The van der Waals surface area contributed by atoms with Crippen molar-refractivity contribution in [2.75, 3.05) is 6.26 Å². The average molecular weight is 213 g/mol. The molecule has 1 aliphatic carbocycles. The second kappa shape index (κ2) is 3.67. The summed E-state index contributed by atoms with van der Waals surface area (Å²) in [7, 11) is -3.45. The smallest absolute Gasteiger partial charge is 0.250 e. The summed E-state index contributed by atoms with van der Waals surface area (Å²) in [5.41, 5.74) is 0.176. The molecule has 0 radical (unpaired) electrons. The van der Waals surface area contributed by atoms with E-state index in [1.54, 1.807) is 0 Å². The van der Waals surface area contributed by atoms with Crippen LogP contribution in [0.3, 0.4) is 0 Å². The molecule has 0 aromatic rings. The van der Waals surface area contributed by atoms with Gasteiger partial charge in [-0.05, 0) is 17.7 Å². The summed E-state index contributed by atoms with van der Waals surface area (Å²) in [5.74, 6) is -1.31. The quantitative estimate of drug-likeness (QED) is 0.493. The molecular formula is C8H7NO4S-2. The fraction of sp³-hybridized carbons (Fsp3) is 0.125. The van der Waals surface area contributed by atoms with Crippen LogP contribution < -0.4 is 10.2 Å². The number of hydrogen-bond acceptors (Lipinski definition) is 4. The van der Waals surface area contributed by atoms with E-state index in [0.29, 0.717) is 0 Å². The summed E-state index contributed by atoms with van der Waals surface area (Å²) in [6, 6.07) is 0. The Morgan fingerprint density at radius 2 is 1.71 bits per heavy atom. The van der Waals surface area contributed by atoms with Crippen LogP contribution in [0.2, 0.25) is 0 Å². The van der Waals surface area contributed by atoms with Gasteiger partial charge in [-0.3, -0.25) is 0 Å². The van der Waals surface area contributed by atoms with Gasteiger partial charge in [0, 0.05) is 0 Å². The van der Waals surface area contributed by atoms with Crippen LogP contribution in [0.15, 0.2) is 40.2 Å². The monoisotopic (exact) mass is 213 g/mol. The molecule has 0 amide bonds. The van der Waals surface area contributed by atoms with E-state index in [1.807, 2.05) is 0 Å². The summed E-state index contributed by atoms with van der Waals surface area (Å²) >= 11 is 0. The third kappa shape index (κ3) is 3.06. The molecule has 0 N–H and O–H groups in total. The molecule has 5 nitrogen and oxygen atoms in total. The van der Waals surface area contributed by atoms with Crippen molar-refractivity contribution in [1.82, 2.24) is 0 Å². The van der Waals surface area contributed by atoms with Crippen molar-refractivity contribution in [1.29, 1.82) is 0 Å². The number of hydrogen-bond donors (Lipinski definition) is 0. The molecule has 0 bridgehead atoms. The Hall–Kier alpha value is -1.56. The van der Waals surface area contributed by atoms with E-state index in [4.69, 9.17) is 0 Å². The van der Waals surface area contributed by atoms with E-state index < -0.39 is 16.0 Å². The maximum atomic E-state index is 10.7. The number of rotatable bonds is 1. The Morgan fingerprint density at radius 1 is 1.21 bits per heavy atom. The van der Waals surface area contributed by atoms with Gasteiger partial charge in [-0.1, -0.05) is 12.2 Å². The van der Waals surface area contributed by atoms with Gasteiger partial charge < -0.3 is 10.2 Å². The van der Waals surface area contributed by atoms with E-state index in [-0.39, 0.29) is 11.3 Å². The van der Waals surface area contributed by atoms with Gasteiger partial charge in [0.05, 0.1) is 12.0 Å². The lowest BCUT2D eigenvalue weighted by atomic mass is 10.1. The third-order valence-electron chi connectivity index (χ3n) is 1.37. The lowest BCUT2D eigenvalue weighted by Gasteiger charge is -2.21.